The minimum absolute atomic E-state index is 0.173. The molecule has 1 aromatic carbocycles. The molecule has 0 aromatic heterocycles. The summed E-state index contributed by atoms with van der Waals surface area (Å²) in [6.45, 7) is 0. The molecule has 2 fully saturated rings. The van der Waals surface area contributed by atoms with E-state index < -0.39 is 0 Å². The summed E-state index contributed by atoms with van der Waals surface area (Å²) in [6.07, 6.45) is 11.0. The molecule has 2 atom stereocenters. The fraction of sp³-hybridized carbons (Fsp3) is 0.667. The predicted molar refractivity (Wildman–Crippen MR) is 81.2 cm³/mol. The van der Waals surface area contributed by atoms with Crippen LogP contribution in [0, 0.1) is 0 Å². The molecule has 1 aromatic rings. The summed E-state index contributed by atoms with van der Waals surface area (Å²) >= 11 is 0. The second-order valence-electron chi connectivity index (χ2n) is 6.41. The molecule has 2 aliphatic rings. The van der Waals surface area contributed by atoms with Gasteiger partial charge in [0.1, 0.15) is 5.75 Å². The first kappa shape index (κ1) is 13.9. The number of ether oxygens (including phenoxy) is 1. The summed E-state index contributed by atoms with van der Waals surface area (Å²) in [6, 6.07) is 8.45. The quantitative estimate of drug-likeness (QED) is 0.884. The van der Waals surface area contributed by atoms with Gasteiger partial charge in [-0.1, -0.05) is 31.4 Å². The van der Waals surface area contributed by atoms with Gasteiger partial charge in [-0.2, -0.15) is 0 Å². The zero-order valence-electron chi connectivity index (χ0n) is 12.3. The average Bonchev–Trinajstić information content (AvgIpc) is 2.49. The number of hydrogen-bond donors (Lipinski definition) is 1. The Balaban J connectivity index is 1.68. The lowest BCUT2D eigenvalue weighted by molar-refractivity contribution is 0.106. The van der Waals surface area contributed by atoms with Crippen LogP contribution in [0.3, 0.4) is 0 Å². The first-order chi connectivity index (χ1) is 9.83. The van der Waals surface area contributed by atoms with E-state index in [4.69, 9.17) is 4.74 Å². The monoisotopic (exact) mass is 274 g/mol. The van der Waals surface area contributed by atoms with Gasteiger partial charge in [-0.15, -0.1) is 0 Å². The van der Waals surface area contributed by atoms with E-state index in [0.29, 0.717) is 12.0 Å². The van der Waals surface area contributed by atoms with E-state index in [9.17, 15) is 5.11 Å². The summed E-state index contributed by atoms with van der Waals surface area (Å²) in [5.41, 5.74) is 1.26. The third-order valence-electron chi connectivity index (χ3n) is 4.87. The SMILES string of the molecule is OC1CCCCC1c1cccc(OC2CCCCC2)c1. The summed E-state index contributed by atoms with van der Waals surface area (Å²) < 4.78 is 6.14. The van der Waals surface area contributed by atoms with Crippen LogP contribution in [0.15, 0.2) is 24.3 Å². The summed E-state index contributed by atoms with van der Waals surface area (Å²) in [7, 11) is 0. The van der Waals surface area contributed by atoms with Crippen molar-refractivity contribution in [3.8, 4) is 5.75 Å². The van der Waals surface area contributed by atoms with E-state index in [1.165, 1.54) is 44.1 Å². The standard InChI is InChI=1S/C18H26O2/c19-18-12-5-4-11-17(18)14-7-6-10-16(13-14)20-15-8-2-1-3-9-15/h6-7,10,13,15,17-19H,1-5,8-9,11-12H2. The second kappa shape index (κ2) is 6.62. The first-order valence-electron chi connectivity index (χ1n) is 8.27. The Labute approximate surface area is 122 Å². The molecule has 2 nitrogen and oxygen atoms in total. The minimum atomic E-state index is -0.173. The lowest BCUT2D eigenvalue weighted by Crippen LogP contribution is -2.23. The van der Waals surface area contributed by atoms with Gasteiger partial charge in [0.2, 0.25) is 0 Å². The largest absolute Gasteiger partial charge is 0.490 e. The third-order valence-corrected chi connectivity index (χ3v) is 4.87. The van der Waals surface area contributed by atoms with Crippen LogP contribution in [-0.2, 0) is 0 Å². The predicted octanol–water partition coefficient (Wildman–Crippen LogP) is 4.42. The smallest absolute Gasteiger partial charge is 0.120 e. The van der Waals surface area contributed by atoms with E-state index >= 15 is 0 Å². The van der Waals surface area contributed by atoms with Crippen LogP contribution in [-0.4, -0.2) is 17.3 Å². The zero-order chi connectivity index (χ0) is 13.8. The maximum absolute atomic E-state index is 10.2. The second-order valence-corrected chi connectivity index (χ2v) is 6.41. The van der Waals surface area contributed by atoms with Crippen molar-refractivity contribution in [1.29, 1.82) is 0 Å². The molecule has 2 saturated carbocycles. The van der Waals surface area contributed by atoms with Crippen molar-refractivity contribution in [1.82, 2.24) is 0 Å². The molecule has 0 bridgehead atoms. The molecule has 20 heavy (non-hydrogen) atoms. The molecule has 0 amide bonds. The summed E-state index contributed by atoms with van der Waals surface area (Å²) in [4.78, 5) is 0. The number of aliphatic hydroxyl groups excluding tert-OH is 1. The highest BCUT2D eigenvalue weighted by Gasteiger charge is 2.25. The van der Waals surface area contributed by atoms with Crippen molar-refractivity contribution in [2.24, 2.45) is 0 Å². The summed E-state index contributed by atoms with van der Waals surface area (Å²) in [5, 5.41) is 10.2. The highest BCUT2D eigenvalue weighted by molar-refractivity contribution is 5.32. The molecule has 2 unspecified atom stereocenters. The van der Waals surface area contributed by atoms with Crippen LogP contribution >= 0.6 is 0 Å². The van der Waals surface area contributed by atoms with Crippen molar-refractivity contribution < 1.29 is 9.84 Å². The van der Waals surface area contributed by atoms with Gasteiger partial charge >= 0.3 is 0 Å². The van der Waals surface area contributed by atoms with Crippen LogP contribution in [0.2, 0.25) is 0 Å². The Morgan fingerprint density at radius 2 is 1.65 bits per heavy atom. The van der Waals surface area contributed by atoms with Gasteiger partial charge < -0.3 is 9.84 Å². The lowest BCUT2D eigenvalue weighted by atomic mass is 9.82. The maximum Gasteiger partial charge on any atom is 0.120 e. The van der Waals surface area contributed by atoms with Crippen LogP contribution in [0.5, 0.6) is 5.75 Å². The van der Waals surface area contributed by atoms with Crippen molar-refractivity contribution in [3.05, 3.63) is 29.8 Å². The highest BCUT2D eigenvalue weighted by Crippen LogP contribution is 2.35. The van der Waals surface area contributed by atoms with Gasteiger partial charge in [0.15, 0.2) is 0 Å². The molecule has 2 heteroatoms. The number of benzene rings is 1. The fourth-order valence-electron chi connectivity index (χ4n) is 3.69. The van der Waals surface area contributed by atoms with E-state index in [-0.39, 0.29) is 6.10 Å². The molecule has 0 radical (unpaired) electrons. The van der Waals surface area contributed by atoms with Crippen molar-refractivity contribution in [2.45, 2.75) is 75.9 Å². The third kappa shape index (κ3) is 3.35. The van der Waals surface area contributed by atoms with E-state index in [1.807, 2.05) is 0 Å². The Morgan fingerprint density at radius 1 is 0.900 bits per heavy atom. The number of hydrogen-bond acceptors (Lipinski definition) is 2. The van der Waals surface area contributed by atoms with Gasteiger partial charge in [0.05, 0.1) is 12.2 Å². The Kier molecular flexibility index (Phi) is 4.62. The van der Waals surface area contributed by atoms with Gasteiger partial charge in [-0.3, -0.25) is 0 Å². The molecule has 0 saturated heterocycles. The van der Waals surface area contributed by atoms with E-state index in [0.717, 1.165) is 25.0 Å². The first-order valence-corrected chi connectivity index (χ1v) is 8.27. The Bertz CT molecular complexity index is 423. The fourth-order valence-corrected chi connectivity index (χ4v) is 3.69. The molecular weight excluding hydrogens is 248 g/mol. The van der Waals surface area contributed by atoms with Crippen LogP contribution < -0.4 is 4.74 Å². The topological polar surface area (TPSA) is 29.5 Å². The normalized spacial score (nSPS) is 28.2. The van der Waals surface area contributed by atoms with Gasteiger partial charge in [0, 0.05) is 5.92 Å². The van der Waals surface area contributed by atoms with Crippen LogP contribution in [0.1, 0.15) is 69.3 Å². The number of rotatable bonds is 3. The molecular formula is C18H26O2. The molecule has 1 N–H and O–H groups in total. The molecule has 0 spiro atoms. The van der Waals surface area contributed by atoms with Crippen molar-refractivity contribution in [2.75, 3.05) is 0 Å². The van der Waals surface area contributed by atoms with Crippen LogP contribution in [0.4, 0.5) is 0 Å². The van der Waals surface area contributed by atoms with Gasteiger partial charge in [-0.05, 0) is 56.2 Å². The number of aliphatic hydroxyl groups is 1. The van der Waals surface area contributed by atoms with Gasteiger partial charge in [-0.25, -0.2) is 0 Å². The van der Waals surface area contributed by atoms with Crippen molar-refractivity contribution >= 4 is 0 Å². The van der Waals surface area contributed by atoms with Crippen molar-refractivity contribution in [3.63, 3.8) is 0 Å². The molecule has 0 aliphatic heterocycles. The minimum Gasteiger partial charge on any atom is -0.490 e. The van der Waals surface area contributed by atoms with E-state index in [1.54, 1.807) is 0 Å². The molecule has 2 aliphatic carbocycles. The van der Waals surface area contributed by atoms with E-state index in [2.05, 4.69) is 24.3 Å². The summed E-state index contributed by atoms with van der Waals surface area (Å²) in [5.74, 6) is 1.30. The lowest BCUT2D eigenvalue weighted by Gasteiger charge is -2.28. The molecule has 110 valence electrons. The maximum atomic E-state index is 10.2. The molecule has 3 rings (SSSR count). The zero-order valence-corrected chi connectivity index (χ0v) is 12.3. The average molecular weight is 274 g/mol. The van der Waals surface area contributed by atoms with Crippen LogP contribution in [0.25, 0.3) is 0 Å². The Hall–Kier alpha value is -1.02. The molecule has 0 heterocycles. The Morgan fingerprint density at radius 3 is 2.45 bits per heavy atom. The van der Waals surface area contributed by atoms with Gasteiger partial charge in [0.25, 0.3) is 0 Å². The highest BCUT2D eigenvalue weighted by atomic mass is 16.5.